The van der Waals surface area contributed by atoms with Crippen molar-refractivity contribution in [3.8, 4) is 11.4 Å². The summed E-state index contributed by atoms with van der Waals surface area (Å²) in [6, 6.07) is 13.9. The van der Waals surface area contributed by atoms with Crippen LogP contribution < -0.4 is 5.32 Å². The summed E-state index contributed by atoms with van der Waals surface area (Å²) in [6.45, 7) is 2.01. The number of H-pyrrole nitrogens is 1. The Balaban J connectivity index is 1.54. The SMILES string of the molecule is Cc1ccc(-c2nc(SCC(=O)Nc3ccc(C(=O)O)cc3)n[nH]2)cc1. The van der Waals surface area contributed by atoms with Crippen LogP contribution >= 0.6 is 11.8 Å². The van der Waals surface area contributed by atoms with Gasteiger partial charge in [0.15, 0.2) is 5.82 Å². The largest absolute Gasteiger partial charge is 0.478 e. The van der Waals surface area contributed by atoms with Gasteiger partial charge in [0.2, 0.25) is 11.1 Å². The zero-order valence-electron chi connectivity index (χ0n) is 13.9. The molecule has 2 aromatic carbocycles. The Hall–Kier alpha value is -3.13. The minimum atomic E-state index is -1.01. The van der Waals surface area contributed by atoms with Crippen LogP contribution in [-0.4, -0.2) is 37.9 Å². The number of aromatic carboxylic acids is 1. The lowest BCUT2D eigenvalue weighted by molar-refractivity contribution is -0.113. The molecule has 0 spiro atoms. The Morgan fingerprint density at radius 1 is 1.12 bits per heavy atom. The van der Waals surface area contributed by atoms with E-state index in [2.05, 4.69) is 20.5 Å². The molecule has 1 amide bonds. The number of thioether (sulfide) groups is 1. The minimum absolute atomic E-state index is 0.145. The highest BCUT2D eigenvalue weighted by atomic mass is 32.2. The number of hydrogen-bond acceptors (Lipinski definition) is 5. The number of anilines is 1. The van der Waals surface area contributed by atoms with Crippen LogP contribution in [-0.2, 0) is 4.79 Å². The van der Waals surface area contributed by atoms with E-state index in [1.165, 1.54) is 23.9 Å². The fourth-order valence-corrected chi connectivity index (χ4v) is 2.77. The van der Waals surface area contributed by atoms with Crippen molar-refractivity contribution in [3.05, 3.63) is 59.7 Å². The molecule has 1 aromatic heterocycles. The third-order valence-electron chi connectivity index (χ3n) is 3.54. The summed E-state index contributed by atoms with van der Waals surface area (Å²) in [6.07, 6.45) is 0. The highest BCUT2D eigenvalue weighted by Gasteiger charge is 2.10. The van der Waals surface area contributed by atoms with E-state index >= 15 is 0 Å². The second kappa shape index (κ2) is 7.83. The zero-order valence-corrected chi connectivity index (χ0v) is 14.7. The third kappa shape index (κ3) is 4.48. The summed E-state index contributed by atoms with van der Waals surface area (Å²) in [5.41, 5.74) is 2.80. The van der Waals surface area contributed by atoms with Crippen molar-refractivity contribution >= 4 is 29.3 Å². The summed E-state index contributed by atoms with van der Waals surface area (Å²) in [5, 5.41) is 19.0. The first-order valence-corrected chi connectivity index (χ1v) is 8.75. The van der Waals surface area contributed by atoms with Gasteiger partial charge in [0, 0.05) is 11.3 Å². The molecule has 132 valence electrons. The lowest BCUT2D eigenvalue weighted by atomic mass is 10.1. The molecule has 7 nitrogen and oxygen atoms in total. The molecule has 0 atom stereocenters. The van der Waals surface area contributed by atoms with E-state index < -0.39 is 5.97 Å². The number of carbonyl (C=O) groups is 2. The molecule has 0 aliphatic heterocycles. The smallest absolute Gasteiger partial charge is 0.335 e. The molecule has 8 heteroatoms. The number of benzene rings is 2. The van der Waals surface area contributed by atoms with E-state index in [1.54, 1.807) is 12.1 Å². The Kier molecular flexibility index (Phi) is 5.33. The number of amides is 1. The number of nitrogens with one attached hydrogen (secondary N) is 2. The maximum atomic E-state index is 12.0. The standard InChI is InChI=1S/C18H16N4O3S/c1-11-2-4-12(5-3-11)16-20-18(22-21-16)26-10-15(23)19-14-8-6-13(7-9-14)17(24)25/h2-9H,10H2,1H3,(H,19,23)(H,24,25)(H,20,21,22). The Morgan fingerprint density at radius 2 is 1.81 bits per heavy atom. The van der Waals surface area contributed by atoms with Crippen LogP contribution in [0.4, 0.5) is 5.69 Å². The molecule has 0 aliphatic rings. The number of nitrogens with zero attached hydrogens (tertiary/aromatic N) is 2. The summed E-state index contributed by atoms with van der Waals surface area (Å²) in [4.78, 5) is 27.2. The summed E-state index contributed by atoms with van der Waals surface area (Å²) in [5.74, 6) is -0.435. The monoisotopic (exact) mass is 368 g/mol. The van der Waals surface area contributed by atoms with Crippen molar-refractivity contribution in [3.63, 3.8) is 0 Å². The molecule has 0 unspecified atom stereocenters. The Labute approximate surface area is 153 Å². The molecule has 3 aromatic rings. The number of aryl methyl sites for hydroxylation is 1. The van der Waals surface area contributed by atoms with Gasteiger partial charge in [-0.25, -0.2) is 9.78 Å². The fraction of sp³-hybridized carbons (Fsp3) is 0.111. The van der Waals surface area contributed by atoms with Crippen molar-refractivity contribution in [2.45, 2.75) is 12.1 Å². The number of carboxylic acid groups (broad SMARTS) is 1. The average Bonchev–Trinajstić information content (AvgIpc) is 3.10. The maximum absolute atomic E-state index is 12.0. The molecule has 0 aliphatic carbocycles. The second-order valence-corrected chi connectivity index (χ2v) is 6.49. The van der Waals surface area contributed by atoms with Gasteiger partial charge in [-0.3, -0.25) is 9.89 Å². The molecule has 0 saturated heterocycles. The molecular weight excluding hydrogens is 352 g/mol. The third-order valence-corrected chi connectivity index (χ3v) is 4.39. The van der Waals surface area contributed by atoms with Crippen LogP contribution in [0.25, 0.3) is 11.4 Å². The first kappa shape index (κ1) is 17.7. The molecule has 3 N–H and O–H groups in total. The Morgan fingerprint density at radius 3 is 2.46 bits per heavy atom. The summed E-state index contributed by atoms with van der Waals surface area (Å²) >= 11 is 1.21. The lowest BCUT2D eigenvalue weighted by Gasteiger charge is -2.04. The van der Waals surface area contributed by atoms with Crippen molar-refractivity contribution in [2.24, 2.45) is 0 Å². The van der Waals surface area contributed by atoms with Crippen LogP contribution in [0.1, 0.15) is 15.9 Å². The molecule has 1 heterocycles. The number of aromatic nitrogens is 3. The van der Waals surface area contributed by atoms with E-state index in [4.69, 9.17) is 5.11 Å². The van der Waals surface area contributed by atoms with Crippen LogP contribution in [0, 0.1) is 6.92 Å². The van der Waals surface area contributed by atoms with Crippen molar-refractivity contribution in [1.29, 1.82) is 0 Å². The van der Waals surface area contributed by atoms with E-state index in [1.807, 2.05) is 31.2 Å². The number of hydrogen-bond donors (Lipinski definition) is 3. The highest BCUT2D eigenvalue weighted by Crippen LogP contribution is 2.20. The maximum Gasteiger partial charge on any atom is 0.335 e. The first-order valence-electron chi connectivity index (χ1n) is 7.77. The number of aromatic amines is 1. The zero-order chi connectivity index (χ0) is 18.5. The molecule has 26 heavy (non-hydrogen) atoms. The molecule has 3 rings (SSSR count). The molecular formula is C18H16N4O3S. The van der Waals surface area contributed by atoms with Crippen molar-refractivity contribution in [2.75, 3.05) is 11.1 Å². The normalized spacial score (nSPS) is 10.5. The Bertz CT molecular complexity index is 920. The van der Waals surface area contributed by atoms with Crippen molar-refractivity contribution in [1.82, 2.24) is 15.2 Å². The quantitative estimate of drug-likeness (QED) is 0.577. The van der Waals surface area contributed by atoms with E-state index in [0.29, 0.717) is 16.7 Å². The molecule has 0 radical (unpaired) electrons. The number of carbonyl (C=O) groups excluding carboxylic acids is 1. The lowest BCUT2D eigenvalue weighted by Crippen LogP contribution is -2.14. The van der Waals surface area contributed by atoms with Gasteiger partial charge in [-0.15, -0.1) is 5.10 Å². The average molecular weight is 368 g/mol. The van der Waals surface area contributed by atoms with Gasteiger partial charge in [-0.1, -0.05) is 41.6 Å². The van der Waals surface area contributed by atoms with Crippen LogP contribution in [0.3, 0.4) is 0 Å². The van der Waals surface area contributed by atoms with Gasteiger partial charge in [0.05, 0.1) is 11.3 Å². The van der Waals surface area contributed by atoms with Gasteiger partial charge in [0.1, 0.15) is 0 Å². The van der Waals surface area contributed by atoms with Gasteiger partial charge in [-0.05, 0) is 31.2 Å². The molecule has 0 saturated carbocycles. The fourth-order valence-electron chi connectivity index (χ4n) is 2.17. The van der Waals surface area contributed by atoms with E-state index in [0.717, 1.165) is 11.1 Å². The van der Waals surface area contributed by atoms with Crippen LogP contribution in [0.2, 0.25) is 0 Å². The van der Waals surface area contributed by atoms with E-state index in [9.17, 15) is 9.59 Å². The van der Waals surface area contributed by atoms with Gasteiger partial charge in [0.25, 0.3) is 0 Å². The number of carboxylic acids is 1. The molecule has 0 bridgehead atoms. The number of rotatable bonds is 6. The van der Waals surface area contributed by atoms with Crippen molar-refractivity contribution < 1.29 is 14.7 Å². The summed E-state index contributed by atoms with van der Waals surface area (Å²) in [7, 11) is 0. The second-order valence-electron chi connectivity index (χ2n) is 5.55. The highest BCUT2D eigenvalue weighted by molar-refractivity contribution is 7.99. The topological polar surface area (TPSA) is 108 Å². The molecule has 0 fully saturated rings. The van der Waals surface area contributed by atoms with E-state index in [-0.39, 0.29) is 17.2 Å². The first-order chi connectivity index (χ1) is 12.5. The minimum Gasteiger partial charge on any atom is -0.478 e. The van der Waals surface area contributed by atoms with Crippen LogP contribution in [0.5, 0.6) is 0 Å². The van der Waals surface area contributed by atoms with Gasteiger partial charge >= 0.3 is 5.97 Å². The predicted molar refractivity (Wildman–Crippen MR) is 99.3 cm³/mol. The summed E-state index contributed by atoms with van der Waals surface area (Å²) < 4.78 is 0. The van der Waals surface area contributed by atoms with Gasteiger partial charge < -0.3 is 10.4 Å². The predicted octanol–water partition coefficient (Wildman–Crippen LogP) is 3.21. The van der Waals surface area contributed by atoms with Crippen LogP contribution in [0.15, 0.2) is 53.7 Å². The van der Waals surface area contributed by atoms with Gasteiger partial charge in [-0.2, -0.15) is 0 Å².